The highest BCUT2D eigenvalue weighted by Gasteiger charge is 2.76. The van der Waals surface area contributed by atoms with Crippen molar-refractivity contribution in [1.82, 2.24) is 0 Å². The minimum atomic E-state index is -3.02. The fourth-order valence-electron chi connectivity index (χ4n) is 2.62. The van der Waals surface area contributed by atoms with Crippen LogP contribution in [-0.4, -0.2) is 60.6 Å². The van der Waals surface area contributed by atoms with Gasteiger partial charge in [0.05, 0.1) is 6.10 Å². The number of rotatable bonds is 3. The van der Waals surface area contributed by atoms with Crippen molar-refractivity contribution in [2.75, 3.05) is 0 Å². The Morgan fingerprint density at radius 1 is 0.950 bits per heavy atom. The minimum Gasteiger partial charge on any atom is -0.376 e. The van der Waals surface area contributed by atoms with Gasteiger partial charge in [0.25, 0.3) is 0 Å². The molecule has 1 saturated heterocycles. The molecule has 0 radical (unpaired) electrons. The van der Waals surface area contributed by atoms with Crippen molar-refractivity contribution >= 4 is 33.3 Å². The third kappa shape index (κ3) is 1.75. The first kappa shape index (κ1) is 17.4. The van der Waals surface area contributed by atoms with Crippen LogP contribution >= 0.6 is 15.9 Å². The summed E-state index contributed by atoms with van der Waals surface area (Å²) in [6.45, 7) is 3.98. The van der Waals surface area contributed by atoms with Crippen LogP contribution in [0.15, 0.2) is 0 Å². The van der Waals surface area contributed by atoms with Crippen molar-refractivity contribution in [3.8, 4) is 0 Å². The van der Waals surface area contributed by atoms with Gasteiger partial charge in [-0.05, 0) is 27.7 Å². The molecular weight excluding hydrogens is 336 g/mol. The van der Waals surface area contributed by atoms with Crippen molar-refractivity contribution < 1.29 is 34.4 Å². The highest BCUT2D eigenvalue weighted by molar-refractivity contribution is 9.09. The lowest BCUT2D eigenvalue weighted by atomic mass is 9.62. The molecule has 0 aromatic rings. The number of ether oxygens (including phenoxy) is 1. The van der Waals surface area contributed by atoms with Gasteiger partial charge in [-0.2, -0.15) is 0 Å². The Morgan fingerprint density at radius 2 is 1.35 bits per heavy atom. The van der Waals surface area contributed by atoms with Gasteiger partial charge in [0.1, 0.15) is 0 Å². The van der Waals surface area contributed by atoms with Gasteiger partial charge in [-0.3, -0.25) is 14.4 Å². The molecule has 1 aliphatic heterocycles. The quantitative estimate of drug-likeness (QED) is 0.562. The van der Waals surface area contributed by atoms with Crippen LogP contribution in [0.5, 0.6) is 0 Å². The fourth-order valence-corrected chi connectivity index (χ4v) is 3.59. The van der Waals surface area contributed by atoms with Crippen LogP contribution in [0, 0.1) is 0 Å². The highest BCUT2D eigenvalue weighted by Crippen LogP contribution is 2.47. The molecular formula is C12H17BrO7. The number of hydrogen-bond donors (Lipinski definition) is 3. The summed E-state index contributed by atoms with van der Waals surface area (Å²) in [5.41, 5.74) is -8.57. The third-order valence-corrected chi connectivity index (χ3v) is 4.80. The van der Waals surface area contributed by atoms with Crippen molar-refractivity contribution in [2.45, 2.75) is 55.6 Å². The second-order valence-corrected chi connectivity index (χ2v) is 5.84. The van der Waals surface area contributed by atoms with Gasteiger partial charge >= 0.3 is 0 Å². The molecule has 0 aromatic carbocycles. The van der Waals surface area contributed by atoms with E-state index in [1.807, 2.05) is 0 Å². The topological polar surface area (TPSA) is 121 Å². The zero-order valence-electron chi connectivity index (χ0n) is 11.5. The van der Waals surface area contributed by atoms with Crippen LogP contribution in [0.25, 0.3) is 0 Å². The molecule has 0 amide bonds. The summed E-state index contributed by atoms with van der Waals surface area (Å²) in [6.07, 6.45) is -1.32. The van der Waals surface area contributed by atoms with Gasteiger partial charge < -0.3 is 20.1 Å². The van der Waals surface area contributed by atoms with Gasteiger partial charge in [0, 0.05) is 0 Å². The number of ketones is 3. The molecule has 7 nitrogen and oxygen atoms in total. The van der Waals surface area contributed by atoms with Crippen molar-refractivity contribution in [2.24, 2.45) is 0 Å². The second-order valence-electron chi connectivity index (χ2n) is 5.01. The maximum absolute atomic E-state index is 11.9. The number of Topliss-reactive ketones (excluding diaryl/α,β-unsaturated/α-hetero) is 3. The van der Waals surface area contributed by atoms with Crippen LogP contribution in [-0.2, 0) is 19.1 Å². The van der Waals surface area contributed by atoms with E-state index < -0.39 is 45.3 Å². The second kappa shape index (κ2) is 4.96. The van der Waals surface area contributed by atoms with E-state index in [0.717, 1.165) is 20.8 Å². The summed E-state index contributed by atoms with van der Waals surface area (Å²) in [6, 6.07) is 0. The molecule has 8 heteroatoms. The third-order valence-electron chi connectivity index (χ3n) is 3.93. The summed E-state index contributed by atoms with van der Waals surface area (Å²) in [5, 5.41) is 30.2. The molecule has 0 aromatic heterocycles. The van der Waals surface area contributed by atoms with E-state index >= 15 is 0 Å². The Bertz CT molecular complexity index is 444. The lowest BCUT2D eigenvalue weighted by Gasteiger charge is -2.56. The summed E-state index contributed by atoms with van der Waals surface area (Å²) in [5.74, 6) is -3.14. The molecule has 0 aliphatic carbocycles. The smallest absolute Gasteiger partial charge is 0.200 e. The van der Waals surface area contributed by atoms with E-state index in [1.54, 1.807) is 0 Å². The summed E-state index contributed by atoms with van der Waals surface area (Å²) in [7, 11) is 0. The molecule has 0 spiro atoms. The summed E-state index contributed by atoms with van der Waals surface area (Å²) < 4.78 is 5.15. The maximum Gasteiger partial charge on any atom is 0.200 e. The van der Waals surface area contributed by atoms with E-state index in [9.17, 15) is 29.7 Å². The Kier molecular flexibility index (Phi) is 4.31. The Labute approximate surface area is 124 Å². The van der Waals surface area contributed by atoms with Gasteiger partial charge in [0.15, 0.2) is 33.6 Å². The van der Waals surface area contributed by atoms with Crippen molar-refractivity contribution in [3.63, 3.8) is 0 Å². The number of alkyl halides is 1. The SMILES string of the molecule is CC(=O)[C@@]1(O)[C@@](O)(C(C)=O)[C@H](C)OC(Br)[C@@]1(O)C(C)=O. The van der Waals surface area contributed by atoms with Crippen LogP contribution in [0.4, 0.5) is 0 Å². The first-order valence-corrected chi connectivity index (χ1v) is 6.79. The summed E-state index contributed by atoms with van der Waals surface area (Å²) >= 11 is 2.87. The number of carbonyl (C=O) groups excluding carboxylic acids is 3. The van der Waals surface area contributed by atoms with Crippen LogP contribution < -0.4 is 0 Å². The molecule has 114 valence electrons. The standard InChI is InChI=1S/C12H17BrO7/c1-5(14)10(17)8(4)20-9(13)11(18,6(2)15)12(10,19)7(3)16/h8-9,17-19H,1-4H3/t8-,9?,10+,11-,12+/m0/s1. The molecule has 0 saturated carbocycles. The van der Waals surface area contributed by atoms with Gasteiger partial charge in [-0.15, -0.1) is 0 Å². The van der Waals surface area contributed by atoms with Gasteiger partial charge in [0.2, 0.25) is 5.60 Å². The van der Waals surface area contributed by atoms with E-state index in [1.165, 1.54) is 6.92 Å². The number of halogens is 1. The molecule has 1 rings (SSSR count). The van der Waals surface area contributed by atoms with Crippen LogP contribution in [0.1, 0.15) is 27.7 Å². The van der Waals surface area contributed by atoms with E-state index in [2.05, 4.69) is 15.9 Å². The molecule has 1 unspecified atom stereocenters. The Morgan fingerprint density at radius 3 is 1.65 bits per heavy atom. The Balaban J connectivity index is 3.76. The first-order chi connectivity index (χ1) is 8.88. The van der Waals surface area contributed by atoms with Gasteiger partial charge in [-0.1, -0.05) is 15.9 Å². The largest absolute Gasteiger partial charge is 0.376 e. The minimum absolute atomic E-state index is 0.875. The fraction of sp³-hybridized carbons (Fsp3) is 0.750. The molecule has 1 fully saturated rings. The number of hydrogen-bond acceptors (Lipinski definition) is 7. The first-order valence-electron chi connectivity index (χ1n) is 5.88. The predicted octanol–water partition coefficient (Wildman–Crippen LogP) is -0.914. The molecule has 0 bridgehead atoms. The Hall–Kier alpha value is -0.670. The lowest BCUT2D eigenvalue weighted by Crippen LogP contribution is -2.84. The molecule has 3 N–H and O–H groups in total. The molecule has 1 heterocycles. The molecule has 20 heavy (non-hydrogen) atoms. The zero-order valence-corrected chi connectivity index (χ0v) is 13.1. The molecule has 1 aliphatic rings. The van der Waals surface area contributed by atoms with Crippen molar-refractivity contribution in [3.05, 3.63) is 0 Å². The van der Waals surface area contributed by atoms with Crippen molar-refractivity contribution in [1.29, 1.82) is 0 Å². The predicted molar refractivity (Wildman–Crippen MR) is 70.2 cm³/mol. The average Bonchev–Trinajstić information content (AvgIpc) is 2.32. The lowest BCUT2D eigenvalue weighted by molar-refractivity contribution is -0.298. The normalized spacial score (nSPS) is 45.0. The molecule has 5 atom stereocenters. The summed E-state index contributed by atoms with van der Waals surface area (Å²) in [4.78, 5) is 35.5. The maximum atomic E-state index is 11.9. The highest BCUT2D eigenvalue weighted by atomic mass is 79.9. The monoisotopic (exact) mass is 352 g/mol. The van der Waals surface area contributed by atoms with Crippen LogP contribution in [0.2, 0.25) is 0 Å². The van der Waals surface area contributed by atoms with Gasteiger partial charge in [-0.25, -0.2) is 0 Å². The number of aliphatic hydroxyl groups is 3. The van der Waals surface area contributed by atoms with Crippen LogP contribution in [0.3, 0.4) is 0 Å². The zero-order chi connectivity index (χ0) is 16.1. The van der Waals surface area contributed by atoms with E-state index in [4.69, 9.17) is 4.74 Å². The van der Waals surface area contributed by atoms with E-state index in [-0.39, 0.29) is 0 Å². The van der Waals surface area contributed by atoms with E-state index in [0.29, 0.717) is 0 Å². The number of carbonyl (C=O) groups is 3. The average molecular weight is 353 g/mol.